The second kappa shape index (κ2) is 8.23. The Labute approximate surface area is 142 Å². The zero-order valence-electron chi connectivity index (χ0n) is 13.2. The van der Waals surface area contributed by atoms with E-state index < -0.39 is 17.7 Å². The van der Waals surface area contributed by atoms with Crippen molar-refractivity contribution in [1.82, 2.24) is 0 Å². The number of carbonyl (C=O) groups is 1. The molecule has 0 aliphatic heterocycles. The van der Waals surface area contributed by atoms with Gasteiger partial charge in [0.2, 0.25) is 0 Å². The van der Waals surface area contributed by atoms with E-state index in [9.17, 15) is 18.0 Å². The summed E-state index contributed by atoms with van der Waals surface area (Å²) in [4.78, 5) is 10.9. The zero-order valence-corrected chi connectivity index (χ0v) is 13.2. The average molecular weight is 352 g/mol. The molecule has 2 aromatic rings. The standard InChI is InChI=1S/C18H15F3O4/c1-23-17(22)3-2-12-24-14-8-10-16(11-9-14)25-15-6-4-13(5-7-15)18(19,20)21/h2-11H,12H2,1H3. The molecule has 0 aromatic heterocycles. The smallest absolute Gasteiger partial charge is 0.416 e. The summed E-state index contributed by atoms with van der Waals surface area (Å²) in [7, 11) is 1.28. The molecule has 132 valence electrons. The SMILES string of the molecule is COC(=O)C=CCOc1ccc(Oc2ccc(C(F)(F)F)cc2)cc1. The lowest BCUT2D eigenvalue weighted by Gasteiger charge is -2.09. The van der Waals surface area contributed by atoms with Crippen LogP contribution in [-0.2, 0) is 15.7 Å². The van der Waals surface area contributed by atoms with Crippen LogP contribution in [0, 0.1) is 0 Å². The minimum absolute atomic E-state index is 0.189. The van der Waals surface area contributed by atoms with Crippen LogP contribution >= 0.6 is 0 Å². The predicted molar refractivity (Wildman–Crippen MR) is 84.6 cm³/mol. The highest BCUT2D eigenvalue weighted by Gasteiger charge is 2.30. The fourth-order valence-electron chi connectivity index (χ4n) is 1.81. The van der Waals surface area contributed by atoms with E-state index in [2.05, 4.69) is 4.74 Å². The molecule has 0 bridgehead atoms. The van der Waals surface area contributed by atoms with Crippen LogP contribution in [-0.4, -0.2) is 19.7 Å². The van der Waals surface area contributed by atoms with E-state index in [-0.39, 0.29) is 6.61 Å². The van der Waals surface area contributed by atoms with Crippen molar-refractivity contribution < 1.29 is 32.2 Å². The highest BCUT2D eigenvalue weighted by atomic mass is 19.4. The summed E-state index contributed by atoms with van der Waals surface area (Å²) in [5.74, 6) is 0.832. The Morgan fingerprint density at radius 2 is 1.48 bits per heavy atom. The van der Waals surface area contributed by atoms with Gasteiger partial charge < -0.3 is 14.2 Å². The van der Waals surface area contributed by atoms with Crippen LogP contribution < -0.4 is 9.47 Å². The molecule has 0 fully saturated rings. The molecule has 4 nitrogen and oxygen atoms in total. The molecule has 0 aliphatic rings. The fraction of sp³-hybridized carbons (Fsp3) is 0.167. The minimum atomic E-state index is -4.38. The van der Waals surface area contributed by atoms with Crippen molar-refractivity contribution in [2.45, 2.75) is 6.18 Å². The van der Waals surface area contributed by atoms with Crippen molar-refractivity contribution in [1.29, 1.82) is 0 Å². The van der Waals surface area contributed by atoms with Gasteiger partial charge in [-0.3, -0.25) is 0 Å². The van der Waals surface area contributed by atoms with Gasteiger partial charge in [-0.25, -0.2) is 4.79 Å². The van der Waals surface area contributed by atoms with Crippen molar-refractivity contribution in [3.8, 4) is 17.2 Å². The van der Waals surface area contributed by atoms with Gasteiger partial charge in [0.1, 0.15) is 23.9 Å². The summed E-state index contributed by atoms with van der Waals surface area (Å²) in [6.07, 6.45) is -1.61. The molecule has 0 amide bonds. The number of hydrogen-bond donors (Lipinski definition) is 0. The van der Waals surface area contributed by atoms with E-state index in [4.69, 9.17) is 9.47 Å². The Bertz CT molecular complexity index is 719. The predicted octanol–water partition coefficient (Wildman–Crippen LogP) is 4.61. The van der Waals surface area contributed by atoms with Crippen LogP contribution in [0.2, 0.25) is 0 Å². The van der Waals surface area contributed by atoms with Gasteiger partial charge in [-0.2, -0.15) is 13.2 Å². The second-order valence-corrected chi connectivity index (χ2v) is 4.83. The molecule has 2 rings (SSSR count). The third kappa shape index (κ3) is 5.87. The number of methoxy groups -OCH3 is 1. The molecular weight excluding hydrogens is 337 g/mol. The van der Waals surface area contributed by atoms with E-state index in [0.717, 1.165) is 12.1 Å². The molecule has 0 aliphatic carbocycles. The van der Waals surface area contributed by atoms with E-state index in [1.807, 2.05) is 0 Å². The maximum absolute atomic E-state index is 12.5. The first-order valence-corrected chi connectivity index (χ1v) is 7.21. The Hall–Kier alpha value is -2.96. The van der Waals surface area contributed by atoms with Gasteiger partial charge in [-0.1, -0.05) is 0 Å². The van der Waals surface area contributed by atoms with Gasteiger partial charge in [0.05, 0.1) is 12.7 Å². The van der Waals surface area contributed by atoms with Crippen molar-refractivity contribution in [2.75, 3.05) is 13.7 Å². The van der Waals surface area contributed by atoms with Gasteiger partial charge in [0, 0.05) is 6.08 Å². The van der Waals surface area contributed by atoms with E-state index >= 15 is 0 Å². The fourth-order valence-corrected chi connectivity index (χ4v) is 1.81. The quantitative estimate of drug-likeness (QED) is 0.563. The molecule has 0 radical (unpaired) electrons. The zero-order chi connectivity index (χ0) is 18.3. The molecular formula is C18H15F3O4. The lowest BCUT2D eigenvalue weighted by atomic mass is 10.2. The first-order valence-electron chi connectivity index (χ1n) is 7.21. The minimum Gasteiger partial charge on any atom is -0.490 e. The number of carbonyl (C=O) groups excluding carboxylic acids is 1. The van der Waals surface area contributed by atoms with Crippen LogP contribution in [0.4, 0.5) is 13.2 Å². The monoisotopic (exact) mass is 352 g/mol. The van der Waals surface area contributed by atoms with Crippen molar-refractivity contribution in [3.05, 3.63) is 66.2 Å². The molecule has 7 heteroatoms. The number of alkyl halides is 3. The van der Waals surface area contributed by atoms with Crippen LogP contribution in [0.25, 0.3) is 0 Å². The number of rotatable bonds is 6. The topological polar surface area (TPSA) is 44.8 Å². The van der Waals surface area contributed by atoms with E-state index in [0.29, 0.717) is 17.2 Å². The van der Waals surface area contributed by atoms with Crippen LogP contribution in [0.1, 0.15) is 5.56 Å². The summed E-state index contributed by atoms with van der Waals surface area (Å²) in [5, 5.41) is 0. The maximum atomic E-state index is 12.5. The normalized spacial score (nSPS) is 11.4. The van der Waals surface area contributed by atoms with Gasteiger partial charge in [0.25, 0.3) is 0 Å². The van der Waals surface area contributed by atoms with Crippen molar-refractivity contribution in [3.63, 3.8) is 0 Å². The molecule has 0 saturated heterocycles. The highest BCUT2D eigenvalue weighted by molar-refractivity contribution is 5.81. The Morgan fingerprint density at radius 1 is 0.960 bits per heavy atom. The molecule has 0 heterocycles. The number of benzene rings is 2. The summed E-state index contributed by atoms with van der Waals surface area (Å²) in [6, 6.07) is 11.0. The second-order valence-electron chi connectivity index (χ2n) is 4.83. The number of hydrogen-bond acceptors (Lipinski definition) is 4. The van der Waals surface area contributed by atoms with Gasteiger partial charge in [0.15, 0.2) is 0 Å². The number of ether oxygens (including phenoxy) is 3. The van der Waals surface area contributed by atoms with Gasteiger partial charge in [-0.15, -0.1) is 0 Å². The van der Waals surface area contributed by atoms with Crippen LogP contribution in [0.3, 0.4) is 0 Å². The van der Waals surface area contributed by atoms with Crippen molar-refractivity contribution >= 4 is 5.97 Å². The Morgan fingerprint density at radius 3 is 2.00 bits per heavy atom. The molecule has 0 N–H and O–H groups in total. The molecule has 25 heavy (non-hydrogen) atoms. The first kappa shape index (κ1) is 18.4. The summed E-state index contributed by atoms with van der Waals surface area (Å²) in [6.45, 7) is 0.189. The lowest BCUT2D eigenvalue weighted by molar-refractivity contribution is -0.137. The summed E-state index contributed by atoms with van der Waals surface area (Å²) in [5.41, 5.74) is -0.733. The Balaban J connectivity index is 1.90. The van der Waals surface area contributed by atoms with Gasteiger partial charge in [-0.05, 0) is 54.6 Å². The first-order chi connectivity index (χ1) is 11.9. The van der Waals surface area contributed by atoms with Gasteiger partial charge >= 0.3 is 12.1 Å². The van der Waals surface area contributed by atoms with E-state index in [1.165, 1.54) is 31.4 Å². The van der Waals surface area contributed by atoms with Crippen LogP contribution in [0.15, 0.2) is 60.7 Å². The molecule has 2 aromatic carbocycles. The lowest BCUT2D eigenvalue weighted by Crippen LogP contribution is -2.03. The largest absolute Gasteiger partial charge is 0.490 e. The third-order valence-electron chi connectivity index (χ3n) is 3.04. The highest BCUT2D eigenvalue weighted by Crippen LogP contribution is 2.31. The van der Waals surface area contributed by atoms with Crippen LogP contribution in [0.5, 0.6) is 17.2 Å². The summed E-state index contributed by atoms with van der Waals surface area (Å²) >= 11 is 0. The molecule has 0 atom stereocenters. The molecule has 0 spiro atoms. The average Bonchev–Trinajstić information content (AvgIpc) is 2.59. The maximum Gasteiger partial charge on any atom is 0.416 e. The Kier molecular flexibility index (Phi) is 6.05. The number of esters is 1. The van der Waals surface area contributed by atoms with Crippen molar-refractivity contribution in [2.24, 2.45) is 0 Å². The third-order valence-corrected chi connectivity index (χ3v) is 3.04. The van der Waals surface area contributed by atoms with E-state index in [1.54, 1.807) is 24.3 Å². The number of halogens is 3. The summed E-state index contributed by atoms with van der Waals surface area (Å²) < 4.78 is 52.8. The molecule has 0 unspecified atom stereocenters. The molecule has 0 saturated carbocycles.